The molecule has 0 unspecified atom stereocenters. The lowest BCUT2D eigenvalue weighted by Crippen LogP contribution is -2.38. The average Bonchev–Trinajstić information content (AvgIpc) is 2.61. The number of hydrogen-bond acceptors (Lipinski definition) is 2. The van der Waals surface area contributed by atoms with Crippen molar-refractivity contribution in [2.45, 2.75) is 20.8 Å². The number of aliphatic hydroxyl groups excluding tert-OH is 1. The van der Waals surface area contributed by atoms with Crippen molar-refractivity contribution in [1.29, 1.82) is 0 Å². The molecule has 2 aromatic carbocycles. The van der Waals surface area contributed by atoms with Crippen LogP contribution in [0.5, 0.6) is 0 Å². The van der Waals surface area contributed by atoms with Gasteiger partial charge in [-0.05, 0) is 62.2 Å². The van der Waals surface area contributed by atoms with Crippen molar-refractivity contribution in [2.24, 2.45) is 0 Å². The number of halogens is 1. The molecule has 1 heterocycles. The summed E-state index contributed by atoms with van der Waals surface area (Å²) < 4.78 is 1.82. The standard InChI is InChI=1S/C23H21ClN2OS/c1-15-6-5-9-26(14-15)21(22(27)18-7-4-8-19(24)13-18)23(28)25-20-11-16(2)10-17(3)12-20/h4-14H,1-3H3,(H-,25,27,28)/p+1. The second kappa shape index (κ2) is 8.55. The zero-order valence-electron chi connectivity index (χ0n) is 16.0. The summed E-state index contributed by atoms with van der Waals surface area (Å²) >= 11 is 11.8. The summed E-state index contributed by atoms with van der Waals surface area (Å²) in [5, 5.41) is 14.9. The molecule has 3 rings (SSSR count). The molecule has 0 atom stereocenters. The SMILES string of the molecule is Cc1cc(C)cc(NC(=S)C(=C(O)c2cccc(Cl)c2)[n+]2cccc(C)c2)c1. The number of aliphatic hydroxyl groups is 1. The molecule has 1 aromatic heterocycles. The minimum Gasteiger partial charge on any atom is -0.502 e. The van der Waals surface area contributed by atoms with Crippen LogP contribution in [0.2, 0.25) is 5.02 Å². The predicted molar refractivity (Wildman–Crippen MR) is 121 cm³/mol. The summed E-state index contributed by atoms with van der Waals surface area (Å²) in [6.45, 7) is 6.07. The predicted octanol–water partition coefficient (Wildman–Crippen LogP) is 5.88. The zero-order chi connectivity index (χ0) is 20.3. The summed E-state index contributed by atoms with van der Waals surface area (Å²) in [6, 6.07) is 17.1. The lowest BCUT2D eigenvalue weighted by Gasteiger charge is -2.12. The number of benzene rings is 2. The highest BCUT2D eigenvalue weighted by molar-refractivity contribution is 7.81. The molecule has 0 fully saturated rings. The molecular formula is C23H22ClN2OS+. The Labute approximate surface area is 175 Å². The fraction of sp³-hybridized carbons (Fsp3) is 0.130. The van der Waals surface area contributed by atoms with Gasteiger partial charge < -0.3 is 10.4 Å². The van der Waals surface area contributed by atoms with Crippen molar-refractivity contribution in [1.82, 2.24) is 0 Å². The molecule has 5 heteroatoms. The van der Waals surface area contributed by atoms with Gasteiger partial charge in [0.1, 0.15) is 0 Å². The van der Waals surface area contributed by atoms with Gasteiger partial charge in [0, 0.05) is 27.9 Å². The van der Waals surface area contributed by atoms with Crippen LogP contribution in [0, 0.1) is 20.8 Å². The molecule has 142 valence electrons. The number of aromatic nitrogens is 1. The molecule has 0 bridgehead atoms. The van der Waals surface area contributed by atoms with Crippen molar-refractivity contribution in [3.8, 4) is 0 Å². The van der Waals surface area contributed by atoms with Gasteiger partial charge in [-0.1, -0.05) is 42.0 Å². The number of aryl methyl sites for hydroxylation is 3. The van der Waals surface area contributed by atoms with Crippen molar-refractivity contribution in [3.05, 3.63) is 94.3 Å². The number of nitrogens with one attached hydrogen (secondary N) is 1. The van der Waals surface area contributed by atoms with Gasteiger partial charge in [-0.2, -0.15) is 4.57 Å². The van der Waals surface area contributed by atoms with Crippen molar-refractivity contribution in [2.75, 3.05) is 5.32 Å². The first-order chi connectivity index (χ1) is 13.3. The second-order valence-corrected chi connectivity index (χ2v) is 7.67. The van der Waals surface area contributed by atoms with E-state index in [1.54, 1.807) is 24.3 Å². The van der Waals surface area contributed by atoms with E-state index in [9.17, 15) is 5.11 Å². The fourth-order valence-electron chi connectivity index (χ4n) is 3.09. The Balaban J connectivity index is 2.10. The quantitative estimate of drug-likeness (QED) is 0.244. The van der Waals surface area contributed by atoms with Crippen LogP contribution >= 0.6 is 23.8 Å². The lowest BCUT2D eigenvalue weighted by molar-refractivity contribution is -0.576. The minimum atomic E-state index is 0.0555. The van der Waals surface area contributed by atoms with Gasteiger partial charge in [-0.25, -0.2) is 0 Å². The number of rotatable bonds is 4. The Morgan fingerprint density at radius 1 is 0.964 bits per heavy atom. The molecule has 3 nitrogen and oxygen atoms in total. The molecule has 0 radical (unpaired) electrons. The number of pyridine rings is 1. The average molecular weight is 410 g/mol. The number of anilines is 1. The van der Waals surface area contributed by atoms with Gasteiger partial charge in [-0.15, -0.1) is 0 Å². The van der Waals surface area contributed by atoms with Crippen molar-refractivity contribution < 1.29 is 9.67 Å². The maximum absolute atomic E-state index is 11.1. The molecule has 3 aromatic rings. The third kappa shape index (κ3) is 4.77. The number of thiocarbonyl (C=S) groups is 1. The summed E-state index contributed by atoms with van der Waals surface area (Å²) in [4.78, 5) is 0.415. The van der Waals surface area contributed by atoms with Crippen LogP contribution in [0.3, 0.4) is 0 Å². The number of hydrogen-bond donors (Lipinski definition) is 2. The summed E-state index contributed by atoms with van der Waals surface area (Å²) in [7, 11) is 0. The monoisotopic (exact) mass is 409 g/mol. The van der Waals surface area contributed by atoms with Gasteiger partial charge >= 0.3 is 0 Å². The molecule has 0 saturated heterocycles. The largest absolute Gasteiger partial charge is 0.502 e. The van der Waals surface area contributed by atoms with Crippen LogP contribution in [0.1, 0.15) is 22.3 Å². The van der Waals surface area contributed by atoms with Gasteiger partial charge in [0.2, 0.25) is 0 Å². The topological polar surface area (TPSA) is 36.1 Å². The molecule has 0 spiro atoms. The Bertz CT molecular complexity index is 1060. The van der Waals surface area contributed by atoms with Crippen LogP contribution in [0.4, 0.5) is 5.69 Å². The van der Waals surface area contributed by atoms with Crippen LogP contribution in [0.25, 0.3) is 11.5 Å². The van der Waals surface area contributed by atoms with Gasteiger partial charge in [0.15, 0.2) is 23.1 Å². The van der Waals surface area contributed by atoms with E-state index in [-0.39, 0.29) is 5.76 Å². The van der Waals surface area contributed by atoms with E-state index in [1.165, 1.54) is 0 Å². The molecule has 0 aliphatic heterocycles. The van der Waals surface area contributed by atoms with Gasteiger partial charge in [0.25, 0.3) is 5.70 Å². The zero-order valence-corrected chi connectivity index (χ0v) is 17.6. The van der Waals surface area contributed by atoms with E-state index in [0.29, 0.717) is 21.3 Å². The highest BCUT2D eigenvalue weighted by Gasteiger charge is 2.24. The normalized spacial score (nSPS) is 11.7. The molecule has 2 N–H and O–H groups in total. The molecular weight excluding hydrogens is 388 g/mol. The van der Waals surface area contributed by atoms with Crippen molar-refractivity contribution >= 4 is 46.0 Å². The van der Waals surface area contributed by atoms with E-state index in [4.69, 9.17) is 23.8 Å². The van der Waals surface area contributed by atoms with Gasteiger partial charge in [-0.3, -0.25) is 0 Å². The van der Waals surface area contributed by atoms with Crippen LogP contribution < -0.4 is 9.88 Å². The summed E-state index contributed by atoms with van der Waals surface area (Å²) in [6.07, 6.45) is 3.78. The van der Waals surface area contributed by atoms with Crippen molar-refractivity contribution in [3.63, 3.8) is 0 Å². The molecule has 0 amide bonds. The first-order valence-corrected chi connectivity index (χ1v) is 9.69. The molecule has 0 saturated carbocycles. The Morgan fingerprint density at radius 3 is 2.32 bits per heavy atom. The van der Waals surface area contributed by atoms with E-state index in [2.05, 4.69) is 11.4 Å². The van der Waals surface area contributed by atoms with E-state index in [1.807, 2.05) is 62.0 Å². The van der Waals surface area contributed by atoms with E-state index < -0.39 is 0 Å². The third-order valence-corrected chi connectivity index (χ3v) is 4.75. The first kappa shape index (κ1) is 20.1. The minimum absolute atomic E-state index is 0.0555. The van der Waals surface area contributed by atoms with Crippen LogP contribution in [-0.2, 0) is 0 Å². The first-order valence-electron chi connectivity index (χ1n) is 8.90. The highest BCUT2D eigenvalue weighted by atomic mass is 35.5. The van der Waals surface area contributed by atoms with Crippen LogP contribution in [0.15, 0.2) is 67.0 Å². The molecule has 28 heavy (non-hydrogen) atoms. The molecule has 0 aliphatic rings. The number of nitrogens with zero attached hydrogens (tertiary/aromatic N) is 1. The van der Waals surface area contributed by atoms with E-state index in [0.717, 1.165) is 22.4 Å². The molecule has 0 aliphatic carbocycles. The lowest BCUT2D eigenvalue weighted by atomic mass is 10.1. The second-order valence-electron chi connectivity index (χ2n) is 6.83. The fourth-order valence-corrected chi connectivity index (χ4v) is 3.60. The van der Waals surface area contributed by atoms with E-state index >= 15 is 0 Å². The van der Waals surface area contributed by atoms with Crippen LogP contribution in [-0.4, -0.2) is 10.1 Å². The smallest absolute Gasteiger partial charge is 0.288 e. The Morgan fingerprint density at radius 2 is 1.68 bits per heavy atom. The summed E-state index contributed by atoms with van der Waals surface area (Å²) in [5.41, 5.74) is 5.29. The highest BCUT2D eigenvalue weighted by Crippen LogP contribution is 2.22. The Hall–Kier alpha value is -2.69. The maximum Gasteiger partial charge on any atom is 0.288 e. The third-order valence-electron chi connectivity index (χ3n) is 4.22. The summed E-state index contributed by atoms with van der Waals surface area (Å²) in [5.74, 6) is 0.0555. The maximum atomic E-state index is 11.1. The Kier molecular flexibility index (Phi) is 6.12. The van der Waals surface area contributed by atoms with Gasteiger partial charge in [0.05, 0.1) is 0 Å².